The van der Waals surface area contributed by atoms with Crippen molar-refractivity contribution >= 4 is 34.7 Å². The van der Waals surface area contributed by atoms with Crippen LogP contribution in [0.4, 0.5) is 0 Å². The number of halogens is 2. The molecular weight excluding hydrogens is 291 g/mol. The maximum Gasteiger partial charge on any atom is 0.219 e. The molecule has 1 heterocycles. The van der Waals surface area contributed by atoms with E-state index in [-0.39, 0.29) is 5.29 Å². The Morgan fingerprint density at radius 1 is 1.00 bits per heavy atom. The van der Waals surface area contributed by atoms with E-state index in [4.69, 9.17) is 23.2 Å². The number of benzene rings is 2. The minimum absolute atomic E-state index is 0.183. The van der Waals surface area contributed by atoms with Crippen LogP contribution in [0.2, 0.25) is 0 Å². The van der Waals surface area contributed by atoms with Crippen LogP contribution in [0.25, 0.3) is 11.1 Å². The summed E-state index contributed by atoms with van der Waals surface area (Å²) in [6.07, 6.45) is 1.56. The quantitative estimate of drug-likeness (QED) is 0.566. The fraction of sp³-hybridized carbons (Fsp3) is 0.125. The molecule has 1 aliphatic rings. The van der Waals surface area contributed by atoms with Gasteiger partial charge >= 0.3 is 0 Å². The molecule has 0 aliphatic carbocycles. The maximum atomic E-state index is 6.40. The van der Waals surface area contributed by atoms with Crippen molar-refractivity contribution in [3.63, 3.8) is 0 Å². The lowest BCUT2D eigenvalue weighted by molar-refractivity contribution is 0.905. The van der Waals surface area contributed by atoms with Crippen LogP contribution in [0.3, 0.4) is 0 Å². The van der Waals surface area contributed by atoms with E-state index >= 15 is 0 Å². The molecule has 20 heavy (non-hydrogen) atoms. The van der Waals surface area contributed by atoms with Crippen molar-refractivity contribution in [2.45, 2.75) is 11.9 Å². The second-order valence-electron chi connectivity index (χ2n) is 4.70. The number of alkyl halides is 1. The van der Waals surface area contributed by atoms with Crippen molar-refractivity contribution in [1.82, 2.24) is 0 Å². The predicted molar refractivity (Wildman–Crippen MR) is 85.9 cm³/mol. The largest absolute Gasteiger partial charge is 0.227 e. The van der Waals surface area contributed by atoms with Crippen LogP contribution < -0.4 is 0 Å². The Morgan fingerprint density at radius 2 is 1.70 bits per heavy atom. The van der Waals surface area contributed by atoms with Gasteiger partial charge in [-0.25, -0.2) is 9.98 Å². The number of nitrogens with zero attached hydrogens (tertiary/aromatic N) is 2. The second-order valence-corrected chi connectivity index (χ2v) is 5.62. The van der Waals surface area contributed by atoms with E-state index in [2.05, 4.69) is 29.0 Å². The van der Waals surface area contributed by atoms with Crippen LogP contribution >= 0.6 is 23.2 Å². The third kappa shape index (κ3) is 2.37. The Hall–Kier alpha value is -1.64. The SMILES string of the molecule is Cc1ccccc1-c1ccc(C2(Cl)C=NC(Cl)=N2)cc1. The van der Waals surface area contributed by atoms with Crippen LogP contribution in [-0.4, -0.2) is 11.5 Å². The number of aliphatic imine (C=N–C) groups is 2. The van der Waals surface area contributed by atoms with Gasteiger partial charge in [-0.1, -0.05) is 60.1 Å². The minimum atomic E-state index is -0.971. The first-order chi connectivity index (χ1) is 9.58. The molecule has 0 spiro atoms. The zero-order chi connectivity index (χ0) is 14.2. The van der Waals surface area contributed by atoms with Gasteiger partial charge in [0.15, 0.2) is 5.00 Å². The molecule has 100 valence electrons. The highest BCUT2D eigenvalue weighted by Crippen LogP contribution is 2.34. The minimum Gasteiger partial charge on any atom is -0.227 e. The highest BCUT2D eigenvalue weighted by atomic mass is 35.5. The summed E-state index contributed by atoms with van der Waals surface area (Å²) in [5, 5.41) is 0.183. The Labute approximate surface area is 127 Å². The van der Waals surface area contributed by atoms with Gasteiger partial charge in [0, 0.05) is 5.56 Å². The van der Waals surface area contributed by atoms with Crippen molar-refractivity contribution in [2.75, 3.05) is 0 Å². The van der Waals surface area contributed by atoms with Gasteiger partial charge in [-0.3, -0.25) is 0 Å². The number of hydrogen-bond donors (Lipinski definition) is 0. The summed E-state index contributed by atoms with van der Waals surface area (Å²) in [7, 11) is 0. The lowest BCUT2D eigenvalue weighted by atomic mass is 9.98. The van der Waals surface area contributed by atoms with Crippen LogP contribution in [0.15, 0.2) is 58.5 Å². The fourth-order valence-corrected chi connectivity index (χ4v) is 2.73. The van der Waals surface area contributed by atoms with Crippen molar-refractivity contribution in [1.29, 1.82) is 0 Å². The van der Waals surface area contributed by atoms with Gasteiger partial charge in [-0.2, -0.15) is 0 Å². The smallest absolute Gasteiger partial charge is 0.219 e. The number of aryl methyl sites for hydroxylation is 1. The lowest BCUT2D eigenvalue weighted by Crippen LogP contribution is -2.14. The van der Waals surface area contributed by atoms with Gasteiger partial charge in [0.1, 0.15) is 0 Å². The molecule has 0 aromatic heterocycles. The molecule has 1 atom stereocenters. The summed E-state index contributed by atoms with van der Waals surface area (Å²) >= 11 is 12.2. The molecule has 2 nitrogen and oxygen atoms in total. The van der Waals surface area contributed by atoms with Crippen molar-refractivity contribution < 1.29 is 0 Å². The lowest BCUT2D eigenvalue weighted by Gasteiger charge is -2.15. The summed E-state index contributed by atoms with van der Waals surface area (Å²) in [6, 6.07) is 16.3. The molecule has 3 rings (SSSR count). The van der Waals surface area contributed by atoms with Crippen LogP contribution in [-0.2, 0) is 5.00 Å². The first-order valence-corrected chi connectivity index (χ1v) is 7.00. The van der Waals surface area contributed by atoms with Crippen molar-refractivity contribution in [3.05, 3.63) is 59.7 Å². The van der Waals surface area contributed by atoms with Gasteiger partial charge in [0.05, 0.1) is 6.21 Å². The molecular formula is C16H12Cl2N2. The predicted octanol–water partition coefficient (Wildman–Crippen LogP) is 4.73. The van der Waals surface area contributed by atoms with E-state index in [1.807, 2.05) is 36.4 Å². The van der Waals surface area contributed by atoms with Crippen LogP contribution in [0, 0.1) is 6.92 Å². The van der Waals surface area contributed by atoms with Crippen LogP contribution in [0.1, 0.15) is 11.1 Å². The highest BCUT2D eigenvalue weighted by Gasteiger charge is 2.30. The first kappa shape index (κ1) is 13.3. The van der Waals surface area contributed by atoms with E-state index in [1.54, 1.807) is 6.21 Å². The third-order valence-electron chi connectivity index (χ3n) is 3.34. The van der Waals surface area contributed by atoms with Gasteiger partial charge in [-0.05, 0) is 35.2 Å². The monoisotopic (exact) mass is 302 g/mol. The van der Waals surface area contributed by atoms with Gasteiger partial charge in [0.2, 0.25) is 5.29 Å². The summed E-state index contributed by atoms with van der Waals surface area (Å²) in [6.45, 7) is 2.10. The molecule has 1 unspecified atom stereocenters. The molecule has 4 heteroatoms. The molecule has 0 fully saturated rings. The molecule has 0 amide bonds. The zero-order valence-corrected chi connectivity index (χ0v) is 12.4. The standard InChI is InChI=1S/C16H12Cl2N2/c1-11-4-2-3-5-14(11)12-6-8-13(9-7-12)16(18)10-19-15(17)20-16/h2-10H,1H3. The molecule has 0 radical (unpaired) electrons. The summed E-state index contributed by atoms with van der Waals surface area (Å²) in [4.78, 5) is 7.08. The van der Waals surface area contributed by atoms with Gasteiger partial charge in [-0.15, -0.1) is 0 Å². The van der Waals surface area contributed by atoms with Crippen molar-refractivity contribution in [3.8, 4) is 11.1 Å². The topological polar surface area (TPSA) is 24.7 Å². The molecule has 2 aromatic rings. The highest BCUT2D eigenvalue weighted by molar-refractivity contribution is 6.66. The molecule has 0 saturated carbocycles. The molecule has 2 aromatic carbocycles. The van der Waals surface area contributed by atoms with E-state index in [1.165, 1.54) is 11.1 Å². The third-order valence-corrected chi connectivity index (χ3v) is 3.93. The molecule has 0 N–H and O–H groups in total. The summed E-state index contributed by atoms with van der Waals surface area (Å²) in [5.41, 5.74) is 4.46. The van der Waals surface area contributed by atoms with E-state index in [9.17, 15) is 0 Å². The second kappa shape index (κ2) is 5.04. The fourth-order valence-electron chi connectivity index (χ4n) is 2.25. The van der Waals surface area contributed by atoms with Gasteiger partial charge < -0.3 is 0 Å². The summed E-state index contributed by atoms with van der Waals surface area (Å²) < 4.78 is 0. The average Bonchev–Trinajstić information content (AvgIpc) is 2.81. The number of rotatable bonds is 2. The molecule has 1 aliphatic heterocycles. The van der Waals surface area contributed by atoms with Crippen LogP contribution in [0.5, 0.6) is 0 Å². The normalized spacial score (nSPS) is 21.1. The maximum absolute atomic E-state index is 6.40. The van der Waals surface area contributed by atoms with E-state index in [0.717, 1.165) is 11.1 Å². The van der Waals surface area contributed by atoms with E-state index in [0.29, 0.717) is 0 Å². The Balaban J connectivity index is 1.97. The Kier molecular flexibility index (Phi) is 3.36. The first-order valence-electron chi connectivity index (χ1n) is 6.24. The number of amidine groups is 1. The molecule has 0 bridgehead atoms. The molecule has 0 saturated heterocycles. The van der Waals surface area contributed by atoms with Crippen molar-refractivity contribution in [2.24, 2.45) is 9.98 Å². The Bertz CT molecular complexity index is 705. The zero-order valence-electron chi connectivity index (χ0n) is 10.8. The number of hydrogen-bond acceptors (Lipinski definition) is 2. The summed E-state index contributed by atoms with van der Waals surface area (Å²) in [5.74, 6) is 0. The van der Waals surface area contributed by atoms with Gasteiger partial charge in [0.25, 0.3) is 0 Å². The average molecular weight is 303 g/mol. The Morgan fingerprint density at radius 3 is 2.30 bits per heavy atom. The van der Waals surface area contributed by atoms with E-state index < -0.39 is 5.00 Å².